The van der Waals surface area contributed by atoms with Crippen LogP contribution in [0.1, 0.15) is 24.0 Å². The Kier molecular flexibility index (Phi) is 4.01. The number of fused-ring (bicyclic) bond motifs is 1. The third-order valence-corrected chi connectivity index (χ3v) is 4.82. The van der Waals surface area contributed by atoms with Crippen molar-refractivity contribution in [3.05, 3.63) is 47.8 Å². The maximum absolute atomic E-state index is 12.9. The number of hydroxylamine groups is 2. The fourth-order valence-corrected chi connectivity index (χ4v) is 3.39. The van der Waals surface area contributed by atoms with Gasteiger partial charge in [-0.15, -0.1) is 0 Å². The molecule has 0 bridgehead atoms. The normalized spacial score (nSPS) is 20.5. The van der Waals surface area contributed by atoms with Crippen molar-refractivity contribution >= 4 is 17.5 Å². The van der Waals surface area contributed by atoms with Gasteiger partial charge in [0.25, 0.3) is 5.91 Å². The summed E-state index contributed by atoms with van der Waals surface area (Å²) in [5.74, 6) is -0.291. The van der Waals surface area contributed by atoms with Crippen molar-refractivity contribution in [2.75, 3.05) is 11.4 Å². The van der Waals surface area contributed by atoms with E-state index in [0.29, 0.717) is 32.5 Å². The van der Waals surface area contributed by atoms with Gasteiger partial charge in [0.2, 0.25) is 5.91 Å². The summed E-state index contributed by atoms with van der Waals surface area (Å²) >= 11 is 0. The Bertz CT molecular complexity index is 816. The number of nitrogens with zero attached hydrogens (tertiary/aromatic N) is 4. The van der Waals surface area contributed by atoms with Gasteiger partial charge in [0.1, 0.15) is 6.61 Å². The lowest BCUT2D eigenvalue weighted by Crippen LogP contribution is -2.47. The van der Waals surface area contributed by atoms with E-state index in [-0.39, 0.29) is 17.7 Å². The van der Waals surface area contributed by atoms with Crippen molar-refractivity contribution in [3.63, 3.8) is 0 Å². The third kappa shape index (κ3) is 3.02. The zero-order chi connectivity index (χ0) is 17.4. The highest BCUT2D eigenvalue weighted by atomic mass is 16.7. The van der Waals surface area contributed by atoms with Crippen LogP contribution < -0.4 is 4.90 Å². The van der Waals surface area contributed by atoms with Crippen LogP contribution in [-0.2, 0) is 34.6 Å². The molecule has 0 saturated carbocycles. The molecular weight excluding hydrogens is 320 g/mol. The number of amides is 2. The average molecular weight is 340 g/mol. The Balaban J connectivity index is 1.48. The molecule has 1 saturated heterocycles. The largest absolute Gasteiger partial charge is 0.309 e. The van der Waals surface area contributed by atoms with E-state index in [0.717, 1.165) is 16.8 Å². The lowest BCUT2D eigenvalue weighted by molar-refractivity contribution is -0.205. The molecule has 2 amide bonds. The second kappa shape index (κ2) is 6.33. The van der Waals surface area contributed by atoms with Gasteiger partial charge >= 0.3 is 0 Å². The van der Waals surface area contributed by atoms with Gasteiger partial charge in [0.05, 0.1) is 24.3 Å². The first-order chi connectivity index (χ1) is 12.1. The summed E-state index contributed by atoms with van der Waals surface area (Å²) in [4.78, 5) is 32.4. The van der Waals surface area contributed by atoms with Crippen molar-refractivity contribution in [2.45, 2.75) is 26.0 Å². The van der Waals surface area contributed by atoms with Crippen LogP contribution >= 0.6 is 0 Å². The van der Waals surface area contributed by atoms with E-state index in [2.05, 4.69) is 5.10 Å². The molecule has 0 aliphatic carbocycles. The molecule has 0 N–H and O–H groups in total. The quantitative estimate of drug-likeness (QED) is 0.833. The molecule has 1 fully saturated rings. The van der Waals surface area contributed by atoms with Crippen molar-refractivity contribution in [2.24, 2.45) is 13.0 Å². The fourth-order valence-electron chi connectivity index (χ4n) is 3.39. The maximum Gasteiger partial charge on any atom is 0.251 e. The Morgan fingerprint density at radius 3 is 2.84 bits per heavy atom. The highest BCUT2D eigenvalue weighted by Crippen LogP contribution is 2.27. The van der Waals surface area contributed by atoms with Crippen LogP contribution in [0.2, 0.25) is 0 Å². The number of rotatable bonds is 2. The summed E-state index contributed by atoms with van der Waals surface area (Å²) in [5.41, 5.74) is 2.95. The van der Waals surface area contributed by atoms with Crippen LogP contribution in [0.15, 0.2) is 36.7 Å². The number of piperidine rings is 1. The zero-order valence-corrected chi connectivity index (χ0v) is 14.1. The van der Waals surface area contributed by atoms with Crippen molar-refractivity contribution in [3.8, 4) is 0 Å². The van der Waals surface area contributed by atoms with Gasteiger partial charge in [0.15, 0.2) is 0 Å². The lowest BCUT2D eigenvalue weighted by Gasteiger charge is -2.35. The minimum absolute atomic E-state index is 0.0296. The summed E-state index contributed by atoms with van der Waals surface area (Å²) in [6, 6.07) is 7.97. The van der Waals surface area contributed by atoms with Gasteiger partial charge in [-0.2, -0.15) is 5.10 Å². The number of anilines is 1. The number of hydrogen-bond acceptors (Lipinski definition) is 4. The van der Waals surface area contributed by atoms with Gasteiger partial charge in [0, 0.05) is 26.2 Å². The highest BCUT2D eigenvalue weighted by Gasteiger charge is 2.35. The van der Waals surface area contributed by atoms with Crippen molar-refractivity contribution < 1.29 is 14.4 Å². The smallest absolute Gasteiger partial charge is 0.251 e. The average Bonchev–Trinajstić information content (AvgIpc) is 3.07. The number of benzene rings is 1. The van der Waals surface area contributed by atoms with E-state index in [4.69, 9.17) is 4.84 Å². The van der Waals surface area contributed by atoms with E-state index < -0.39 is 0 Å². The molecule has 1 atom stereocenters. The van der Waals surface area contributed by atoms with Crippen LogP contribution in [0.3, 0.4) is 0 Å². The van der Waals surface area contributed by atoms with Crippen molar-refractivity contribution in [1.82, 2.24) is 14.8 Å². The number of aromatic nitrogens is 2. The maximum atomic E-state index is 12.9. The molecule has 7 nitrogen and oxygen atoms in total. The van der Waals surface area contributed by atoms with Gasteiger partial charge in [-0.05, 0) is 17.5 Å². The molecule has 2 aromatic rings. The van der Waals surface area contributed by atoms with E-state index in [1.807, 2.05) is 24.3 Å². The first kappa shape index (κ1) is 15.8. The Morgan fingerprint density at radius 1 is 1.28 bits per heavy atom. The van der Waals surface area contributed by atoms with Gasteiger partial charge in [-0.3, -0.25) is 19.1 Å². The van der Waals surface area contributed by atoms with Crippen LogP contribution in [0, 0.1) is 5.92 Å². The summed E-state index contributed by atoms with van der Waals surface area (Å²) in [7, 11) is 1.81. The molecule has 7 heteroatoms. The summed E-state index contributed by atoms with van der Waals surface area (Å²) in [6.07, 6.45) is 4.35. The molecule has 1 aromatic carbocycles. The van der Waals surface area contributed by atoms with Gasteiger partial charge in [-0.25, -0.2) is 5.06 Å². The summed E-state index contributed by atoms with van der Waals surface area (Å²) in [6.45, 7) is 1.22. The molecule has 3 heterocycles. The van der Waals surface area contributed by atoms with Crippen LogP contribution in [0.5, 0.6) is 0 Å². The molecule has 2 aliphatic heterocycles. The van der Waals surface area contributed by atoms with Crippen LogP contribution in [0.4, 0.5) is 5.69 Å². The molecule has 1 unspecified atom stereocenters. The molecule has 130 valence electrons. The van der Waals surface area contributed by atoms with E-state index in [1.165, 1.54) is 5.06 Å². The summed E-state index contributed by atoms with van der Waals surface area (Å²) < 4.78 is 1.65. The standard InChI is InChI=1S/C18H20N4O3/c1-20-11-16(8-19-20)21-9-14(6-7-17(21)23)18(24)22-10-13-4-2-3-5-15(13)12-25-22/h2-5,8,11,14H,6-7,9-10,12H2,1H3. The van der Waals surface area contributed by atoms with E-state index in [1.54, 1.807) is 29.0 Å². The molecule has 4 rings (SSSR count). The first-order valence-electron chi connectivity index (χ1n) is 8.42. The fraction of sp³-hybridized carbons (Fsp3) is 0.389. The molecule has 25 heavy (non-hydrogen) atoms. The Morgan fingerprint density at radius 2 is 2.08 bits per heavy atom. The third-order valence-electron chi connectivity index (χ3n) is 4.82. The van der Waals surface area contributed by atoms with E-state index >= 15 is 0 Å². The predicted molar refractivity (Wildman–Crippen MR) is 90.1 cm³/mol. The minimum atomic E-state index is -0.261. The second-order valence-corrected chi connectivity index (χ2v) is 6.53. The SMILES string of the molecule is Cn1cc(N2CC(C(=O)N3Cc4ccccc4CO3)CCC2=O)cn1. The molecular formula is C18H20N4O3. The molecule has 0 spiro atoms. The van der Waals surface area contributed by atoms with Gasteiger partial charge < -0.3 is 4.90 Å². The van der Waals surface area contributed by atoms with Crippen LogP contribution in [-0.4, -0.2) is 33.2 Å². The van der Waals surface area contributed by atoms with Gasteiger partial charge in [-0.1, -0.05) is 24.3 Å². The van der Waals surface area contributed by atoms with Crippen molar-refractivity contribution in [1.29, 1.82) is 0 Å². The molecule has 2 aliphatic rings. The number of carbonyl (C=O) groups is 2. The highest BCUT2D eigenvalue weighted by molar-refractivity contribution is 5.95. The molecule has 1 aromatic heterocycles. The number of aryl methyl sites for hydroxylation is 1. The topological polar surface area (TPSA) is 67.7 Å². The lowest BCUT2D eigenvalue weighted by atomic mass is 9.95. The Labute approximate surface area is 145 Å². The first-order valence-corrected chi connectivity index (χ1v) is 8.42. The predicted octanol–water partition coefficient (Wildman–Crippen LogP) is 1.64. The zero-order valence-electron chi connectivity index (χ0n) is 14.1. The molecule has 0 radical (unpaired) electrons. The minimum Gasteiger partial charge on any atom is -0.309 e. The number of carbonyl (C=O) groups excluding carboxylic acids is 2. The monoisotopic (exact) mass is 340 g/mol. The summed E-state index contributed by atoms with van der Waals surface area (Å²) in [5, 5.41) is 5.56. The van der Waals surface area contributed by atoms with E-state index in [9.17, 15) is 9.59 Å². The number of hydrogen-bond donors (Lipinski definition) is 0. The second-order valence-electron chi connectivity index (χ2n) is 6.53. The van der Waals surface area contributed by atoms with Crippen LogP contribution in [0.25, 0.3) is 0 Å². The Hall–Kier alpha value is -2.67.